The summed E-state index contributed by atoms with van der Waals surface area (Å²) in [4.78, 5) is 21.4. The molecule has 2 aromatic heterocycles. The topological polar surface area (TPSA) is 50.1 Å². The zero-order chi connectivity index (χ0) is 19.5. The van der Waals surface area contributed by atoms with Crippen LogP contribution in [0.4, 0.5) is 4.39 Å². The van der Waals surface area contributed by atoms with E-state index < -0.39 is 0 Å². The number of benzene rings is 1. The average Bonchev–Trinajstić information content (AvgIpc) is 3.16. The van der Waals surface area contributed by atoms with Crippen LogP contribution in [0.15, 0.2) is 48.8 Å². The molecule has 0 bridgehead atoms. The van der Waals surface area contributed by atoms with Crippen LogP contribution >= 0.6 is 0 Å². The van der Waals surface area contributed by atoms with Gasteiger partial charge in [-0.3, -0.25) is 9.69 Å². The summed E-state index contributed by atoms with van der Waals surface area (Å²) >= 11 is 0. The molecule has 1 fully saturated rings. The Labute approximate surface area is 163 Å². The van der Waals surface area contributed by atoms with Crippen LogP contribution < -0.4 is 0 Å². The highest BCUT2D eigenvalue weighted by Crippen LogP contribution is 2.23. The number of ether oxygens (including phenoxy) is 1. The zero-order valence-corrected chi connectivity index (χ0v) is 15.8. The molecule has 0 radical (unpaired) electrons. The predicted octanol–water partition coefficient (Wildman–Crippen LogP) is 2.54. The highest BCUT2D eigenvalue weighted by Gasteiger charge is 2.23. The summed E-state index contributed by atoms with van der Waals surface area (Å²) in [6.07, 6.45) is 3.53. The molecule has 3 aromatic rings. The lowest BCUT2D eigenvalue weighted by atomic mass is 10.1. The molecule has 0 saturated carbocycles. The van der Waals surface area contributed by atoms with Gasteiger partial charge in [-0.15, -0.1) is 0 Å². The van der Waals surface area contributed by atoms with E-state index in [2.05, 4.69) is 9.88 Å². The van der Waals surface area contributed by atoms with Gasteiger partial charge in [-0.1, -0.05) is 18.2 Å². The van der Waals surface area contributed by atoms with Crippen LogP contribution in [-0.2, 0) is 4.74 Å². The first-order valence-electron chi connectivity index (χ1n) is 9.40. The Kier molecular flexibility index (Phi) is 5.36. The van der Waals surface area contributed by atoms with Crippen LogP contribution in [0.5, 0.6) is 0 Å². The van der Waals surface area contributed by atoms with Crippen molar-refractivity contribution in [2.24, 2.45) is 0 Å². The number of piperazine rings is 1. The second-order valence-electron chi connectivity index (χ2n) is 6.92. The lowest BCUT2D eigenvalue weighted by Crippen LogP contribution is -2.49. The predicted molar refractivity (Wildman–Crippen MR) is 105 cm³/mol. The summed E-state index contributed by atoms with van der Waals surface area (Å²) in [6.45, 7) is 4.60. The van der Waals surface area contributed by atoms with Gasteiger partial charge in [0.05, 0.1) is 6.61 Å². The first kappa shape index (κ1) is 18.6. The van der Waals surface area contributed by atoms with E-state index in [1.807, 2.05) is 11.0 Å². The number of pyridine rings is 1. The van der Waals surface area contributed by atoms with Crippen LogP contribution in [-0.4, -0.2) is 71.5 Å². The number of carbonyl (C=O) groups is 1. The largest absolute Gasteiger partial charge is 0.383 e. The number of aromatic nitrogens is 2. The third-order valence-corrected chi connectivity index (χ3v) is 5.13. The van der Waals surface area contributed by atoms with Gasteiger partial charge in [0, 0.05) is 63.4 Å². The zero-order valence-electron chi connectivity index (χ0n) is 15.8. The molecule has 0 unspecified atom stereocenters. The van der Waals surface area contributed by atoms with Gasteiger partial charge in [-0.25, -0.2) is 9.37 Å². The van der Waals surface area contributed by atoms with Gasteiger partial charge in [0.15, 0.2) is 0 Å². The minimum Gasteiger partial charge on any atom is -0.383 e. The summed E-state index contributed by atoms with van der Waals surface area (Å²) in [6, 6.07) is 10.3. The van der Waals surface area contributed by atoms with E-state index in [1.54, 1.807) is 48.2 Å². The summed E-state index contributed by atoms with van der Waals surface area (Å²) in [7, 11) is 1.70. The van der Waals surface area contributed by atoms with Crippen molar-refractivity contribution in [2.75, 3.05) is 46.4 Å². The fourth-order valence-electron chi connectivity index (χ4n) is 3.51. The maximum Gasteiger partial charge on any atom is 0.274 e. The van der Waals surface area contributed by atoms with Crippen molar-refractivity contribution in [3.8, 4) is 11.1 Å². The molecule has 7 heteroatoms. The molecule has 0 spiro atoms. The molecule has 146 valence electrons. The molecular weight excluding hydrogens is 359 g/mol. The van der Waals surface area contributed by atoms with Gasteiger partial charge in [0.2, 0.25) is 0 Å². The van der Waals surface area contributed by atoms with Crippen LogP contribution in [0, 0.1) is 5.82 Å². The number of carbonyl (C=O) groups excluding carboxylic acids is 1. The standard InChI is InChI=1S/C21H23FN4O2/c1-28-13-12-24-8-10-25(11-9-24)21(27)19-15-26-14-16(6-7-20(26)23-19)17-4-2-3-5-18(17)22/h2-7,14-15H,8-13H2,1H3. The lowest BCUT2D eigenvalue weighted by molar-refractivity contribution is 0.0589. The number of nitrogens with zero attached hydrogens (tertiary/aromatic N) is 4. The van der Waals surface area contributed by atoms with E-state index in [0.717, 1.165) is 25.2 Å². The van der Waals surface area contributed by atoms with E-state index in [-0.39, 0.29) is 11.7 Å². The maximum atomic E-state index is 14.1. The molecule has 1 saturated heterocycles. The molecule has 1 aromatic carbocycles. The molecule has 28 heavy (non-hydrogen) atoms. The molecule has 0 N–H and O–H groups in total. The first-order valence-corrected chi connectivity index (χ1v) is 9.40. The van der Waals surface area contributed by atoms with Gasteiger partial charge in [0.25, 0.3) is 5.91 Å². The van der Waals surface area contributed by atoms with Gasteiger partial charge in [0.1, 0.15) is 17.2 Å². The Morgan fingerprint density at radius 1 is 1.11 bits per heavy atom. The Morgan fingerprint density at radius 3 is 2.64 bits per heavy atom. The van der Waals surface area contributed by atoms with Gasteiger partial charge >= 0.3 is 0 Å². The molecule has 4 rings (SSSR count). The van der Waals surface area contributed by atoms with Crippen molar-refractivity contribution in [1.29, 1.82) is 0 Å². The first-order chi connectivity index (χ1) is 13.7. The third-order valence-electron chi connectivity index (χ3n) is 5.13. The van der Waals surface area contributed by atoms with Gasteiger partial charge < -0.3 is 14.0 Å². The lowest BCUT2D eigenvalue weighted by Gasteiger charge is -2.34. The van der Waals surface area contributed by atoms with Crippen molar-refractivity contribution in [2.45, 2.75) is 0 Å². The van der Waals surface area contributed by atoms with E-state index in [0.29, 0.717) is 36.6 Å². The van der Waals surface area contributed by atoms with Crippen molar-refractivity contribution < 1.29 is 13.9 Å². The quantitative estimate of drug-likeness (QED) is 0.681. The number of imidazole rings is 1. The van der Waals surface area contributed by atoms with E-state index >= 15 is 0 Å². The number of halogens is 1. The summed E-state index contributed by atoms with van der Waals surface area (Å²) in [5.74, 6) is -0.341. The number of hydrogen-bond donors (Lipinski definition) is 0. The number of hydrogen-bond acceptors (Lipinski definition) is 4. The van der Waals surface area contributed by atoms with Crippen molar-refractivity contribution in [1.82, 2.24) is 19.2 Å². The Hall–Kier alpha value is -2.77. The van der Waals surface area contributed by atoms with Gasteiger partial charge in [-0.2, -0.15) is 0 Å². The Balaban J connectivity index is 1.50. The van der Waals surface area contributed by atoms with Crippen molar-refractivity contribution in [3.05, 3.63) is 60.3 Å². The van der Waals surface area contributed by atoms with E-state index in [9.17, 15) is 9.18 Å². The number of fused-ring (bicyclic) bond motifs is 1. The second kappa shape index (κ2) is 8.08. The summed E-state index contributed by atoms with van der Waals surface area (Å²) < 4.78 is 21.0. The minimum absolute atomic E-state index is 0.0671. The van der Waals surface area contributed by atoms with Gasteiger partial charge in [-0.05, 0) is 18.2 Å². The van der Waals surface area contributed by atoms with Crippen LogP contribution in [0.3, 0.4) is 0 Å². The average molecular weight is 382 g/mol. The fourth-order valence-corrected chi connectivity index (χ4v) is 3.51. The smallest absolute Gasteiger partial charge is 0.274 e. The highest BCUT2D eigenvalue weighted by molar-refractivity contribution is 5.93. The molecule has 1 aliphatic heterocycles. The minimum atomic E-state index is -0.274. The van der Waals surface area contributed by atoms with Crippen LogP contribution in [0.25, 0.3) is 16.8 Å². The second-order valence-corrected chi connectivity index (χ2v) is 6.92. The van der Waals surface area contributed by atoms with E-state index in [1.165, 1.54) is 6.07 Å². The van der Waals surface area contributed by atoms with Crippen molar-refractivity contribution in [3.63, 3.8) is 0 Å². The molecule has 0 atom stereocenters. The number of amides is 1. The molecule has 1 amide bonds. The number of methoxy groups -OCH3 is 1. The fraction of sp³-hybridized carbons (Fsp3) is 0.333. The molecule has 6 nitrogen and oxygen atoms in total. The molecular formula is C21H23FN4O2. The highest BCUT2D eigenvalue weighted by atomic mass is 19.1. The molecule has 0 aliphatic carbocycles. The van der Waals surface area contributed by atoms with E-state index in [4.69, 9.17) is 4.74 Å². The normalized spacial score (nSPS) is 15.3. The number of rotatable bonds is 5. The molecule has 1 aliphatic rings. The summed E-state index contributed by atoms with van der Waals surface area (Å²) in [5, 5.41) is 0. The Morgan fingerprint density at radius 2 is 1.89 bits per heavy atom. The maximum absolute atomic E-state index is 14.1. The third kappa shape index (κ3) is 3.76. The Bertz CT molecular complexity index is 979. The summed E-state index contributed by atoms with van der Waals surface area (Å²) in [5.41, 5.74) is 2.35. The molecule has 3 heterocycles. The monoisotopic (exact) mass is 382 g/mol. The van der Waals surface area contributed by atoms with Crippen LogP contribution in [0.1, 0.15) is 10.5 Å². The van der Waals surface area contributed by atoms with Crippen molar-refractivity contribution >= 4 is 11.6 Å². The SMILES string of the molecule is COCCN1CCN(C(=O)c2cn3cc(-c4ccccc4F)ccc3n2)CC1. The van der Waals surface area contributed by atoms with Crippen LogP contribution in [0.2, 0.25) is 0 Å².